The zero-order valence-electron chi connectivity index (χ0n) is 13.2. The molecule has 1 unspecified atom stereocenters. The lowest BCUT2D eigenvalue weighted by Crippen LogP contribution is -2.49. The fourth-order valence-electron chi connectivity index (χ4n) is 2.64. The first-order chi connectivity index (χ1) is 9.95. The van der Waals surface area contributed by atoms with Gasteiger partial charge in [0.2, 0.25) is 11.8 Å². The summed E-state index contributed by atoms with van der Waals surface area (Å²) in [6.07, 6.45) is 2.64. The first kappa shape index (κ1) is 17.9. The van der Waals surface area contributed by atoms with Crippen molar-refractivity contribution in [3.05, 3.63) is 0 Å². The van der Waals surface area contributed by atoms with Gasteiger partial charge in [-0.1, -0.05) is 13.8 Å². The quantitative estimate of drug-likeness (QED) is 0.581. The molecule has 4 N–H and O–H groups in total. The Balaban J connectivity index is 2.34. The molecule has 1 fully saturated rings. The highest BCUT2D eigenvalue weighted by Gasteiger charge is 2.29. The molecule has 0 aromatic heterocycles. The highest BCUT2D eigenvalue weighted by atomic mass is 16.3. The van der Waals surface area contributed by atoms with Crippen LogP contribution >= 0.6 is 0 Å². The molecule has 1 atom stereocenters. The third kappa shape index (κ3) is 6.01. The molecule has 1 heterocycles. The highest BCUT2D eigenvalue weighted by Crippen LogP contribution is 2.18. The van der Waals surface area contributed by atoms with Crippen LogP contribution in [0.1, 0.15) is 39.5 Å². The lowest BCUT2D eigenvalue weighted by atomic mass is 9.94. The minimum atomic E-state index is -0.431. The number of carbonyl (C=O) groups is 2. The number of likely N-dealkylation sites (tertiary alicyclic amines) is 1. The van der Waals surface area contributed by atoms with Gasteiger partial charge in [-0.05, 0) is 31.6 Å². The molecule has 0 aromatic carbocycles. The first-order valence-electron chi connectivity index (χ1n) is 7.88. The summed E-state index contributed by atoms with van der Waals surface area (Å²) >= 11 is 0. The van der Waals surface area contributed by atoms with E-state index in [1.807, 2.05) is 0 Å². The molecule has 1 aliphatic rings. The summed E-state index contributed by atoms with van der Waals surface area (Å²) in [4.78, 5) is 25.9. The van der Waals surface area contributed by atoms with E-state index < -0.39 is 6.04 Å². The summed E-state index contributed by atoms with van der Waals surface area (Å²) in [5, 5.41) is 11.5. The molecule has 122 valence electrons. The van der Waals surface area contributed by atoms with Crippen LogP contribution in [0.2, 0.25) is 0 Å². The predicted molar refractivity (Wildman–Crippen MR) is 81.4 cm³/mol. The molecular weight excluding hydrogens is 270 g/mol. The van der Waals surface area contributed by atoms with Gasteiger partial charge in [-0.25, -0.2) is 0 Å². The van der Waals surface area contributed by atoms with Crippen molar-refractivity contribution in [3.63, 3.8) is 0 Å². The van der Waals surface area contributed by atoms with Crippen molar-refractivity contribution in [2.75, 3.05) is 26.2 Å². The molecule has 0 radical (unpaired) electrons. The topological polar surface area (TPSA) is 95.7 Å². The summed E-state index contributed by atoms with van der Waals surface area (Å²) in [6.45, 7) is 5.90. The van der Waals surface area contributed by atoms with Crippen LogP contribution in [-0.4, -0.2) is 54.1 Å². The molecule has 0 saturated carbocycles. The van der Waals surface area contributed by atoms with Gasteiger partial charge in [0.25, 0.3) is 0 Å². The number of aliphatic hydroxyl groups is 1. The maximum Gasteiger partial charge on any atom is 0.239 e. The molecule has 1 saturated heterocycles. The number of nitrogens with one attached hydrogen (secondary N) is 1. The van der Waals surface area contributed by atoms with Crippen molar-refractivity contribution in [1.82, 2.24) is 10.2 Å². The van der Waals surface area contributed by atoms with Crippen LogP contribution in [0.15, 0.2) is 0 Å². The van der Waals surface area contributed by atoms with E-state index in [1.54, 1.807) is 4.90 Å². The van der Waals surface area contributed by atoms with Crippen LogP contribution in [0.4, 0.5) is 0 Å². The van der Waals surface area contributed by atoms with E-state index in [0.717, 1.165) is 0 Å². The Labute approximate surface area is 127 Å². The van der Waals surface area contributed by atoms with E-state index in [0.29, 0.717) is 51.2 Å². The number of amides is 2. The van der Waals surface area contributed by atoms with Crippen LogP contribution in [-0.2, 0) is 9.59 Å². The zero-order chi connectivity index (χ0) is 15.8. The van der Waals surface area contributed by atoms with Gasteiger partial charge in [0.1, 0.15) is 0 Å². The molecule has 0 aromatic rings. The Bertz CT molecular complexity index is 339. The minimum absolute atomic E-state index is 0.00263. The molecule has 2 amide bonds. The molecule has 6 nitrogen and oxygen atoms in total. The lowest BCUT2D eigenvalue weighted by molar-refractivity contribution is -0.137. The number of nitrogens with two attached hydrogens (primary N) is 1. The summed E-state index contributed by atoms with van der Waals surface area (Å²) in [6, 6.07) is -0.431. The van der Waals surface area contributed by atoms with E-state index >= 15 is 0 Å². The fourth-order valence-corrected chi connectivity index (χ4v) is 2.64. The summed E-state index contributed by atoms with van der Waals surface area (Å²) < 4.78 is 0. The zero-order valence-corrected chi connectivity index (χ0v) is 13.2. The number of nitrogens with zero attached hydrogens (tertiary/aromatic N) is 1. The number of hydrogen-bond donors (Lipinski definition) is 3. The molecule has 6 heteroatoms. The number of hydrogen-bond acceptors (Lipinski definition) is 4. The largest absolute Gasteiger partial charge is 0.396 e. The minimum Gasteiger partial charge on any atom is -0.396 e. The lowest BCUT2D eigenvalue weighted by Gasteiger charge is -2.33. The normalized spacial score (nSPS) is 17.9. The van der Waals surface area contributed by atoms with E-state index in [1.165, 1.54) is 0 Å². The van der Waals surface area contributed by atoms with Crippen molar-refractivity contribution < 1.29 is 14.7 Å². The average Bonchev–Trinajstić information content (AvgIpc) is 2.46. The van der Waals surface area contributed by atoms with Crippen molar-refractivity contribution in [1.29, 1.82) is 0 Å². The van der Waals surface area contributed by atoms with Gasteiger partial charge in [-0.2, -0.15) is 0 Å². The van der Waals surface area contributed by atoms with Gasteiger partial charge in [0.15, 0.2) is 0 Å². The van der Waals surface area contributed by atoms with Crippen molar-refractivity contribution >= 4 is 11.8 Å². The number of piperidine rings is 1. The SMILES string of the molecule is CC(C)CC(N)C(=O)N1CCC(C(=O)NCCCO)CC1. The van der Waals surface area contributed by atoms with Crippen molar-refractivity contribution in [2.24, 2.45) is 17.6 Å². The van der Waals surface area contributed by atoms with Gasteiger partial charge < -0.3 is 21.1 Å². The van der Waals surface area contributed by atoms with E-state index in [-0.39, 0.29) is 24.3 Å². The Morgan fingerprint density at radius 2 is 1.95 bits per heavy atom. The Morgan fingerprint density at radius 1 is 1.33 bits per heavy atom. The summed E-state index contributed by atoms with van der Waals surface area (Å²) in [5.74, 6) is 0.401. The molecule has 0 spiro atoms. The maximum absolute atomic E-state index is 12.2. The second-order valence-corrected chi connectivity index (χ2v) is 6.20. The Hall–Kier alpha value is -1.14. The average molecular weight is 299 g/mol. The van der Waals surface area contributed by atoms with Crippen LogP contribution < -0.4 is 11.1 Å². The standard InChI is InChI=1S/C15H29N3O3/c1-11(2)10-13(16)15(21)18-7-4-12(5-8-18)14(20)17-6-3-9-19/h11-13,19H,3-10,16H2,1-2H3,(H,17,20). The molecular formula is C15H29N3O3. The third-order valence-corrected chi connectivity index (χ3v) is 3.85. The predicted octanol–water partition coefficient (Wildman–Crippen LogP) is 0.0970. The van der Waals surface area contributed by atoms with Crippen LogP contribution in [0, 0.1) is 11.8 Å². The summed E-state index contributed by atoms with van der Waals surface area (Å²) in [7, 11) is 0. The third-order valence-electron chi connectivity index (χ3n) is 3.85. The van der Waals surface area contributed by atoms with E-state index in [4.69, 9.17) is 10.8 Å². The van der Waals surface area contributed by atoms with Crippen molar-refractivity contribution in [2.45, 2.75) is 45.6 Å². The maximum atomic E-state index is 12.2. The second kappa shape index (κ2) is 9.00. The molecule has 1 rings (SSSR count). The second-order valence-electron chi connectivity index (χ2n) is 6.20. The Morgan fingerprint density at radius 3 is 2.48 bits per heavy atom. The highest BCUT2D eigenvalue weighted by molar-refractivity contribution is 5.82. The smallest absolute Gasteiger partial charge is 0.239 e. The molecule has 1 aliphatic heterocycles. The van der Waals surface area contributed by atoms with Crippen molar-refractivity contribution in [3.8, 4) is 0 Å². The monoisotopic (exact) mass is 299 g/mol. The van der Waals surface area contributed by atoms with Gasteiger partial charge in [-0.3, -0.25) is 9.59 Å². The number of rotatable bonds is 7. The fraction of sp³-hybridized carbons (Fsp3) is 0.867. The number of carbonyl (C=O) groups excluding carboxylic acids is 2. The van der Waals surface area contributed by atoms with E-state index in [2.05, 4.69) is 19.2 Å². The summed E-state index contributed by atoms with van der Waals surface area (Å²) in [5.41, 5.74) is 5.93. The van der Waals surface area contributed by atoms with Gasteiger partial charge >= 0.3 is 0 Å². The van der Waals surface area contributed by atoms with E-state index in [9.17, 15) is 9.59 Å². The molecule has 21 heavy (non-hydrogen) atoms. The Kier molecular flexibility index (Phi) is 7.67. The van der Waals surface area contributed by atoms with Gasteiger partial charge in [-0.15, -0.1) is 0 Å². The molecule has 0 aliphatic carbocycles. The van der Waals surface area contributed by atoms with Gasteiger partial charge in [0, 0.05) is 32.2 Å². The van der Waals surface area contributed by atoms with Crippen LogP contribution in [0.5, 0.6) is 0 Å². The van der Waals surface area contributed by atoms with Crippen LogP contribution in [0.3, 0.4) is 0 Å². The first-order valence-corrected chi connectivity index (χ1v) is 7.88. The van der Waals surface area contributed by atoms with Gasteiger partial charge in [0.05, 0.1) is 6.04 Å². The number of aliphatic hydroxyl groups excluding tert-OH is 1. The molecule has 0 bridgehead atoms. The van der Waals surface area contributed by atoms with Crippen LogP contribution in [0.25, 0.3) is 0 Å².